The fourth-order valence-corrected chi connectivity index (χ4v) is 2.71. The third-order valence-corrected chi connectivity index (χ3v) is 4.35. The minimum atomic E-state index is -6.28. The Morgan fingerprint density at radius 3 is 1.85 bits per heavy atom. The highest BCUT2D eigenvalue weighted by Crippen LogP contribution is 2.46. The molecule has 2 amide bonds. The van der Waals surface area contributed by atoms with Crippen LogP contribution in [0.3, 0.4) is 0 Å². The number of hydrogen-bond acceptors (Lipinski definition) is 3. The molecule has 0 aliphatic rings. The lowest BCUT2D eigenvalue weighted by atomic mass is 10.1. The number of nitrogens with one attached hydrogen (secondary N) is 1. The predicted octanol–water partition coefficient (Wildman–Crippen LogP) is 2.42. The zero-order valence-electron chi connectivity index (χ0n) is 12.4. The largest absolute Gasteiger partial charge is 0.430 e. The third-order valence-electron chi connectivity index (χ3n) is 3.00. The van der Waals surface area contributed by atoms with E-state index >= 15 is 0 Å². The van der Waals surface area contributed by atoms with E-state index in [0.29, 0.717) is 23.0 Å². The van der Waals surface area contributed by atoms with E-state index in [1.165, 1.54) is 0 Å². The van der Waals surface area contributed by atoms with Gasteiger partial charge >= 0.3 is 18.3 Å². The SMILES string of the molecule is CC(F)(C(F)(F)F)C(F)(F)N(NS(=O)(=O)c1c(F)cccc1F)C(N)=O. The summed E-state index contributed by atoms with van der Waals surface area (Å²) in [5.74, 6) is -3.66. The molecule has 0 spiro atoms. The maximum absolute atomic E-state index is 13.9. The molecule has 3 N–H and O–H groups in total. The molecule has 1 aromatic carbocycles. The summed E-state index contributed by atoms with van der Waals surface area (Å²) >= 11 is 0. The Morgan fingerprint density at radius 1 is 1.08 bits per heavy atom. The van der Waals surface area contributed by atoms with Gasteiger partial charge in [-0.2, -0.15) is 27.0 Å². The minimum absolute atomic E-state index is 0.374. The quantitative estimate of drug-likeness (QED) is 0.440. The van der Waals surface area contributed by atoms with E-state index < -0.39 is 62.4 Å². The maximum Gasteiger partial charge on any atom is 0.430 e. The molecule has 148 valence electrons. The van der Waals surface area contributed by atoms with Gasteiger partial charge in [-0.05, 0) is 19.1 Å². The summed E-state index contributed by atoms with van der Waals surface area (Å²) in [6.07, 6.45) is -6.28. The van der Waals surface area contributed by atoms with E-state index in [1.807, 2.05) is 0 Å². The highest BCUT2D eigenvalue weighted by atomic mass is 32.2. The number of urea groups is 1. The summed E-state index contributed by atoms with van der Waals surface area (Å²) in [5.41, 5.74) is -1.10. The number of hydrazine groups is 1. The minimum Gasteiger partial charge on any atom is -0.350 e. The molecule has 15 heteroatoms. The van der Waals surface area contributed by atoms with Crippen molar-refractivity contribution in [1.29, 1.82) is 0 Å². The molecule has 0 radical (unpaired) electrons. The van der Waals surface area contributed by atoms with Crippen LogP contribution in [-0.4, -0.2) is 37.3 Å². The Labute approximate surface area is 140 Å². The van der Waals surface area contributed by atoms with Crippen LogP contribution in [0.1, 0.15) is 6.92 Å². The second kappa shape index (κ2) is 6.53. The van der Waals surface area contributed by atoms with Gasteiger partial charge in [-0.25, -0.2) is 26.4 Å². The smallest absolute Gasteiger partial charge is 0.350 e. The highest BCUT2D eigenvalue weighted by molar-refractivity contribution is 7.89. The molecule has 0 aromatic heterocycles. The van der Waals surface area contributed by atoms with E-state index in [-0.39, 0.29) is 0 Å². The van der Waals surface area contributed by atoms with Gasteiger partial charge in [-0.3, -0.25) is 0 Å². The lowest BCUT2D eigenvalue weighted by Gasteiger charge is -2.37. The fourth-order valence-electron chi connectivity index (χ4n) is 1.53. The number of carbonyl (C=O) groups is 1. The second-order valence-corrected chi connectivity index (χ2v) is 6.46. The van der Waals surface area contributed by atoms with Crippen LogP contribution in [0.4, 0.5) is 39.9 Å². The van der Waals surface area contributed by atoms with Crippen molar-refractivity contribution in [2.75, 3.05) is 0 Å². The van der Waals surface area contributed by atoms with Gasteiger partial charge in [0.2, 0.25) is 0 Å². The predicted molar refractivity (Wildman–Crippen MR) is 68.6 cm³/mol. The van der Waals surface area contributed by atoms with Crippen molar-refractivity contribution in [1.82, 2.24) is 9.84 Å². The highest BCUT2D eigenvalue weighted by Gasteiger charge is 2.72. The van der Waals surface area contributed by atoms with Gasteiger partial charge in [-0.15, -0.1) is 4.83 Å². The normalized spacial score (nSPS) is 15.4. The number of alkyl halides is 6. The average Bonchev–Trinajstić information content (AvgIpc) is 2.42. The van der Waals surface area contributed by atoms with Crippen molar-refractivity contribution in [2.24, 2.45) is 5.73 Å². The Kier molecular flexibility index (Phi) is 5.50. The standard InChI is InChI=1S/C11H9F8N3O3S/c1-9(14,10(15,16)17)11(18,19)22(8(20)23)21-26(24,25)7-5(12)3-2-4-6(7)13/h2-4,21H,1H3,(H2,20,23). The van der Waals surface area contributed by atoms with Gasteiger partial charge in [0.1, 0.15) is 11.6 Å². The molecule has 1 atom stereocenters. The number of hydrogen-bond donors (Lipinski definition) is 2. The van der Waals surface area contributed by atoms with Crippen molar-refractivity contribution in [3.8, 4) is 0 Å². The molecule has 0 aliphatic heterocycles. The molecule has 0 heterocycles. The molecule has 0 aliphatic carbocycles. The van der Waals surface area contributed by atoms with Crippen molar-refractivity contribution in [3.63, 3.8) is 0 Å². The molecule has 0 bridgehead atoms. The Morgan fingerprint density at radius 2 is 1.50 bits per heavy atom. The number of nitrogens with two attached hydrogens (primary N) is 1. The monoisotopic (exact) mass is 415 g/mol. The van der Waals surface area contributed by atoms with Crippen LogP contribution in [0.2, 0.25) is 0 Å². The number of rotatable bonds is 5. The molecule has 1 unspecified atom stereocenters. The number of carbonyl (C=O) groups excluding carboxylic acids is 1. The number of nitrogens with zero attached hydrogens (tertiary/aromatic N) is 1. The summed E-state index contributed by atoms with van der Waals surface area (Å²) < 4.78 is 130. The van der Waals surface area contributed by atoms with E-state index in [9.17, 15) is 48.3 Å². The van der Waals surface area contributed by atoms with Gasteiger partial charge in [0.25, 0.3) is 15.7 Å². The summed E-state index contributed by atoms with van der Waals surface area (Å²) in [5, 5.41) is -1.72. The molecule has 26 heavy (non-hydrogen) atoms. The summed E-state index contributed by atoms with van der Waals surface area (Å²) in [7, 11) is -5.74. The number of amides is 2. The Bertz CT molecular complexity index is 789. The van der Waals surface area contributed by atoms with Crippen LogP contribution in [-0.2, 0) is 10.0 Å². The maximum atomic E-state index is 13.9. The summed E-state index contributed by atoms with van der Waals surface area (Å²) in [6, 6.07) is -7.07. The molecule has 0 saturated carbocycles. The zero-order valence-corrected chi connectivity index (χ0v) is 13.2. The average molecular weight is 415 g/mol. The molecular weight excluding hydrogens is 406 g/mol. The van der Waals surface area contributed by atoms with Crippen LogP contribution in [0.5, 0.6) is 0 Å². The van der Waals surface area contributed by atoms with Gasteiger partial charge < -0.3 is 5.73 Å². The van der Waals surface area contributed by atoms with Gasteiger partial charge in [-0.1, -0.05) is 6.07 Å². The van der Waals surface area contributed by atoms with Gasteiger partial charge in [0.15, 0.2) is 4.90 Å². The molecule has 0 saturated heterocycles. The molecule has 6 nitrogen and oxygen atoms in total. The first kappa shape index (κ1) is 21.9. The first-order valence-electron chi connectivity index (χ1n) is 6.16. The fraction of sp³-hybridized carbons (Fsp3) is 0.364. The van der Waals surface area contributed by atoms with Crippen LogP contribution >= 0.6 is 0 Å². The number of halogens is 8. The van der Waals surface area contributed by atoms with Crippen molar-refractivity contribution in [2.45, 2.75) is 29.7 Å². The number of sulfonamides is 1. The van der Waals surface area contributed by atoms with E-state index in [2.05, 4.69) is 5.73 Å². The Balaban J connectivity index is 3.47. The Hall–Kier alpha value is -2.16. The topological polar surface area (TPSA) is 92.5 Å². The molecule has 0 fully saturated rings. The van der Waals surface area contributed by atoms with Crippen LogP contribution in [0, 0.1) is 11.6 Å². The van der Waals surface area contributed by atoms with E-state index in [0.717, 1.165) is 0 Å². The molecular formula is C11H9F8N3O3S. The summed E-state index contributed by atoms with van der Waals surface area (Å²) in [6.45, 7) is -0.694. The lowest BCUT2D eigenvalue weighted by Crippen LogP contribution is -2.68. The van der Waals surface area contributed by atoms with Crippen LogP contribution in [0.15, 0.2) is 23.1 Å². The van der Waals surface area contributed by atoms with Crippen molar-refractivity contribution >= 4 is 16.1 Å². The van der Waals surface area contributed by atoms with Crippen LogP contribution in [0.25, 0.3) is 0 Å². The number of benzene rings is 1. The third kappa shape index (κ3) is 3.67. The van der Waals surface area contributed by atoms with Crippen molar-refractivity contribution in [3.05, 3.63) is 29.8 Å². The zero-order chi connectivity index (χ0) is 20.7. The van der Waals surface area contributed by atoms with Gasteiger partial charge in [0, 0.05) is 0 Å². The molecule has 1 aromatic rings. The van der Waals surface area contributed by atoms with E-state index in [4.69, 9.17) is 0 Å². The summed E-state index contributed by atoms with van der Waals surface area (Å²) in [4.78, 5) is 9.58. The molecule has 1 rings (SSSR count). The lowest BCUT2D eigenvalue weighted by molar-refractivity contribution is -0.329. The number of primary amides is 1. The van der Waals surface area contributed by atoms with Crippen molar-refractivity contribution < 1.29 is 48.3 Å². The second-order valence-electron chi connectivity index (χ2n) is 4.86. The van der Waals surface area contributed by atoms with E-state index in [1.54, 1.807) is 0 Å². The first-order chi connectivity index (χ1) is 11.5. The van der Waals surface area contributed by atoms with Gasteiger partial charge in [0.05, 0.1) is 0 Å². The van der Waals surface area contributed by atoms with Crippen LogP contribution < -0.4 is 10.6 Å². The first-order valence-corrected chi connectivity index (χ1v) is 7.64.